The molecule has 1 aliphatic rings. The summed E-state index contributed by atoms with van der Waals surface area (Å²) in [5.74, 6) is 1.47. The Morgan fingerprint density at radius 1 is 1.32 bits per heavy atom. The van der Waals surface area contributed by atoms with E-state index in [1.165, 1.54) is 10.9 Å². The maximum absolute atomic E-state index is 10.1. The van der Waals surface area contributed by atoms with E-state index in [1.807, 2.05) is 12.1 Å². The fourth-order valence-electron chi connectivity index (χ4n) is 3.49. The number of furan rings is 1. The summed E-state index contributed by atoms with van der Waals surface area (Å²) in [7, 11) is 0. The summed E-state index contributed by atoms with van der Waals surface area (Å²) < 4.78 is 6.13. The molecule has 1 N–H and O–H groups in total. The van der Waals surface area contributed by atoms with Crippen molar-refractivity contribution in [2.24, 2.45) is 5.41 Å². The molecule has 1 fully saturated rings. The molecule has 3 atom stereocenters. The lowest BCUT2D eigenvalue weighted by Gasteiger charge is -2.50. The van der Waals surface area contributed by atoms with Gasteiger partial charge in [0.2, 0.25) is 0 Å². The van der Waals surface area contributed by atoms with Crippen LogP contribution in [0.3, 0.4) is 0 Å². The van der Waals surface area contributed by atoms with Gasteiger partial charge in [-0.1, -0.05) is 39.0 Å². The van der Waals surface area contributed by atoms with Gasteiger partial charge in [0.1, 0.15) is 11.3 Å². The first-order valence-corrected chi connectivity index (χ1v) is 7.30. The summed E-state index contributed by atoms with van der Waals surface area (Å²) in [6.07, 6.45) is 2.61. The van der Waals surface area contributed by atoms with E-state index in [9.17, 15) is 5.11 Å². The van der Waals surface area contributed by atoms with Crippen molar-refractivity contribution in [1.29, 1.82) is 0 Å². The zero-order chi connectivity index (χ0) is 13.6. The van der Waals surface area contributed by atoms with Crippen LogP contribution in [0.25, 0.3) is 11.0 Å². The molecule has 1 saturated carbocycles. The number of aliphatic hydroxyl groups is 1. The van der Waals surface area contributed by atoms with Crippen LogP contribution < -0.4 is 0 Å². The molecule has 1 aromatic heterocycles. The highest BCUT2D eigenvalue weighted by Crippen LogP contribution is 2.56. The summed E-state index contributed by atoms with van der Waals surface area (Å²) in [6.45, 7) is 6.52. The summed E-state index contributed by atoms with van der Waals surface area (Å²) in [5, 5.41) is 11.3. The van der Waals surface area contributed by atoms with Crippen molar-refractivity contribution in [3.8, 4) is 0 Å². The highest BCUT2D eigenvalue weighted by molar-refractivity contribution is 5.82. The summed E-state index contributed by atoms with van der Waals surface area (Å²) in [4.78, 5) is 0. The molecule has 1 aliphatic carbocycles. The molecule has 0 bridgehead atoms. The molecule has 0 spiro atoms. The maximum Gasteiger partial charge on any atom is 0.134 e. The van der Waals surface area contributed by atoms with Crippen LogP contribution in [0, 0.1) is 5.41 Å². The highest BCUT2D eigenvalue weighted by atomic mass is 16.3. The molecule has 0 radical (unpaired) electrons. The Hall–Kier alpha value is -1.28. The van der Waals surface area contributed by atoms with Crippen molar-refractivity contribution in [2.75, 3.05) is 0 Å². The summed E-state index contributed by atoms with van der Waals surface area (Å²) >= 11 is 0. The van der Waals surface area contributed by atoms with Crippen LogP contribution in [0.1, 0.15) is 50.9 Å². The van der Waals surface area contributed by atoms with Crippen LogP contribution in [0.15, 0.2) is 28.7 Å². The topological polar surface area (TPSA) is 33.4 Å². The summed E-state index contributed by atoms with van der Waals surface area (Å²) in [6, 6.07) is 8.26. The minimum Gasteiger partial charge on any atom is -0.460 e. The fourth-order valence-corrected chi connectivity index (χ4v) is 3.49. The number of para-hydroxylation sites is 1. The first kappa shape index (κ1) is 12.7. The second-order valence-corrected chi connectivity index (χ2v) is 5.96. The van der Waals surface area contributed by atoms with Gasteiger partial charge in [-0.15, -0.1) is 0 Å². The monoisotopic (exact) mass is 258 g/mol. The molecular weight excluding hydrogens is 236 g/mol. The van der Waals surface area contributed by atoms with Gasteiger partial charge >= 0.3 is 0 Å². The first-order valence-electron chi connectivity index (χ1n) is 7.30. The van der Waals surface area contributed by atoms with E-state index >= 15 is 0 Å². The lowest BCUT2D eigenvalue weighted by atomic mass is 9.56. The lowest BCUT2D eigenvalue weighted by molar-refractivity contribution is -0.0838. The zero-order valence-corrected chi connectivity index (χ0v) is 11.9. The number of aliphatic hydroxyl groups excluding tert-OH is 1. The van der Waals surface area contributed by atoms with Gasteiger partial charge in [0, 0.05) is 22.3 Å². The van der Waals surface area contributed by atoms with Crippen LogP contribution in [0.2, 0.25) is 0 Å². The Morgan fingerprint density at radius 2 is 2.05 bits per heavy atom. The molecule has 1 heterocycles. The number of hydrogen-bond donors (Lipinski definition) is 1. The normalized spacial score (nSPS) is 30.5. The Labute approximate surface area is 114 Å². The minimum absolute atomic E-state index is 0.0300. The van der Waals surface area contributed by atoms with E-state index < -0.39 is 0 Å². The number of benzene rings is 1. The standard InChI is InChI=1S/C17H22O2/c1-4-11-12-8-6-7-9-14(12)19-16(11)13-10-15(18)17(13,3)5-2/h6-9,13,15,18H,4-5,10H2,1-3H3. The van der Waals surface area contributed by atoms with Crippen LogP contribution in [-0.2, 0) is 6.42 Å². The van der Waals surface area contributed by atoms with Gasteiger partial charge in [0.25, 0.3) is 0 Å². The Bertz CT molecular complexity index is 598. The van der Waals surface area contributed by atoms with Crippen LogP contribution >= 0.6 is 0 Å². The van der Waals surface area contributed by atoms with E-state index in [4.69, 9.17) is 4.42 Å². The van der Waals surface area contributed by atoms with Crippen molar-refractivity contribution < 1.29 is 9.52 Å². The third kappa shape index (κ3) is 1.66. The fraction of sp³-hybridized carbons (Fsp3) is 0.529. The van der Waals surface area contributed by atoms with Crippen LogP contribution in [0.5, 0.6) is 0 Å². The van der Waals surface area contributed by atoms with Crippen molar-refractivity contribution >= 4 is 11.0 Å². The van der Waals surface area contributed by atoms with Crippen molar-refractivity contribution in [3.63, 3.8) is 0 Å². The van der Waals surface area contributed by atoms with E-state index in [2.05, 4.69) is 32.9 Å². The maximum atomic E-state index is 10.1. The van der Waals surface area contributed by atoms with Gasteiger partial charge < -0.3 is 9.52 Å². The molecule has 3 rings (SSSR count). The molecule has 3 unspecified atom stereocenters. The summed E-state index contributed by atoms with van der Waals surface area (Å²) in [5.41, 5.74) is 2.28. The third-order valence-electron chi connectivity index (χ3n) is 5.18. The first-order chi connectivity index (χ1) is 9.11. The van der Waals surface area contributed by atoms with Gasteiger partial charge in [-0.3, -0.25) is 0 Å². The predicted molar refractivity (Wildman–Crippen MR) is 77.4 cm³/mol. The second kappa shape index (κ2) is 4.38. The van der Waals surface area contributed by atoms with Crippen molar-refractivity contribution in [2.45, 2.75) is 52.1 Å². The molecular formula is C17H22O2. The molecule has 0 amide bonds. The average Bonchev–Trinajstić information content (AvgIpc) is 2.81. The van der Waals surface area contributed by atoms with E-state index in [0.717, 1.165) is 30.6 Å². The van der Waals surface area contributed by atoms with Crippen LogP contribution in [0.4, 0.5) is 0 Å². The number of hydrogen-bond acceptors (Lipinski definition) is 2. The van der Waals surface area contributed by atoms with Crippen molar-refractivity contribution in [3.05, 3.63) is 35.6 Å². The van der Waals surface area contributed by atoms with E-state index in [1.54, 1.807) is 0 Å². The molecule has 19 heavy (non-hydrogen) atoms. The Morgan fingerprint density at radius 3 is 2.68 bits per heavy atom. The molecule has 0 aliphatic heterocycles. The lowest BCUT2D eigenvalue weighted by Crippen LogP contribution is -2.49. The van der Waals surface area contributed by atoms with E-state index in [-0.39, 0.29) is 11.5 Å². The predicted octanol–water partition coefficient (Wildman–Crippen LogP) is 4.26. The largest absolute Gasteiger partial charge is 0.460 e. The van der Waals surface area contributed by atoms with Crippen LogP contribution in [-0.4, -0.2) is 11.2 Å². The zero-order valence-electron chi connectivity index (χ0n) is 11.9. The van der Waals surface area contributed by atoms with Crippen molar-refractivity contribution in [1.82, 2.24) is 0 Å². The molecule has 1 aromatic carbocycles. The quantitative estimate of drug-likeness (QED) is 0.892. The third-order valence-corrected chi connectivity index (χ3v) is 5.18. The highest BCUT2D eigenvalue weighted by Gasteiger charge is 2.52. The molecule has 2 nitrogen and oxygen atoms in total. The van der Waals surface area contributed by atoms with Gasteiger partial charge in [-0.2, -0.15) is 0 Å². The Kier molecular flexibility index (Phi) is 2.94. The molecule has 2 aromatic rings. The molecule has 0 saturated heterocycles. The molecule has 2 heteroatoms. The van der Waals surface area contributed by atoms with E-state index in [0.29, 0.717) is 5.92 Å². The minimum atomic E-state index is -0.194. The molecule has 102 valence electrons. The number of aryl methyl sites for hydroxylation is 1. The number of rotatable bonds is 3. The average molecular weight is 258 g/mol. The van der Waals surface area contributed by atoms with Gasteiger partial charge in [-0.05, 0) is 25.3 Å². The smallest absolute Gasteiger partial charge is 0.134 e. The van der Waals surface area contributed by atoms with Gasteiger partial charge in [0.05, 0.1) is 6.10 Å². The van der Waals surface area contributed by atoms with Gasteiger partial charge in [-0.25, -0.2) is 0 Å². The SMILES string of the molecule is CCc1c(C2CC(O)C2(C)CC)oc2ccccc12. The Balaban J connectivity index is 2.11. The second-order valence-electron chi connectivity index (χ2n) is 5.96. The van der Waals surface area contributed by atoms with Gasteiger partial charge in [0.15, 0.2) is 0 Å². The number of fused-ring (bicyclic) bond motifs is 1.